The predicted molar refractivity (Wildman–Crippen MR) is 98.9 cm³/mol. The van der Waals surface area contributed by atoms with Crippen LogP contribution in [-0.4, -0.2) is 69.6 Å². The zero-order valence-electron chi connectivity index (χ0n) is 15.8. The molecule has 2 atom stereocenters. The van der Waals surface area contributed by atoms with Gasteiger partial charge < -0.3 is 5.11 Å². The van der Waals surface area contributed by atoms with Crippen molar-refractivity contribution in [2.24, 2.45) is 0 Å². The molecule has 0 aromatic carbocycles. The van der Waals surface area contributed by atoms with Crippen LogP contribution in [0, 0.1) is 0 Å². The maximum atomic E-state index is 12.1. The van der Waals surface area contributed by atoms with Crippen LogP contribution in [-0.2, 0) is 12.0 Å². The van der Waals surface area contributed by atoms with E-state index in [1.807, 2.05) is 6.07 Å². The molecule has 1 aromatic heterocycles. The fraction of sp³-hybridized carbons (Fsp3) is 0.789. The van der Waals surface area contributed by atoms with E-state index in [0.29, 0.717) is 12.6 Å². The highest BCUT2D eigenvalue weighted by atomic mass is 16.3. The van der Waals surface area contributed by atoms with E-state index in [9.17, 15) is 9.90 Å². The van der Waals surface area contributed by atoms with Gasteiger partial charge in [-0.25, -0.2) is 4.68 Å². The molecule has 2 heterocycles. The highest BCUT2D eigenvalue weighted by molar-refractivity contribution is 5.10. The summed E-state index contributed by atoms with van der Waals surface area (Å²) >= 11 is 0. The molecule has 1 saturated heterocycles. The third-order valence-electron chi connectivity index (χ3n) is 5.58. The van der Waals surface area contributed by atoms with Crippen molar-refractivity contribution in [3.63, 3.8) is 0 Å². The topological polar surface area (TPSA) is 61.6 Å². The Balaban J connectivity index is 1.52. The minimum atomic E-state index is -0.144. The zero-order valence-corrected chi connectivity index (χ0v) is 15.8. The summed E-state index contributed by atoms with van der Waals surface area (Å²) in [6.07, 6.45) is 3.07. The number of hydrogen-bond donors (Lipinski definition) is 1. The number of aliphatic hydroxyl groups is 1. The third kappa shape index (κ3) is 4.49. The summed E-state index contributed by atoms with van der Waals surface area (Å²) in [4.78, 5) is 16.9. The maximum absolute atomic E-state index is 12.1. The second kappa shape index (κ2) is 7.56. The Morgan fingerprint density at radius 2 is 1.84 bits per heavy atom. The molecular weight excluding hydrogens is 316 g/mol. The Morgan fingerprint density at radius 1 is 1.12 bits per heavy atom. The number of nitrogens with zero attached hydrogens (tertiary/aromatic N) is 4. The van der Waals surface area contributed by atoms with Gasteiger partial charge in [-0.05, 0) is 25.3 Å². The summed E-state index contributed by atoms with van der Waals surface area (Å²) in [5.41, 5.74) is 0.872. The van der Waals surface area contributed by atoms with Crippen molar-refractivity contribution in [2.45, 2.75) is 64.1 Å². The molecule has 25 heavy (non-hydrogen) atoms. The standard InChI is InChI=1S/C19H32N4O2/c1-19(2,3)17-7-8-18(25)23(20-17)14-11-21-9-12-22(13-10-21)15-5-4-6-16(15)24/h7-8,15-16,24H,4-6,9-14H2,1-3H3. The van der Waals surface area contributed by atoms with Crippen LogP contribution in [0.4, 0.5) is 0 Å². The van der Waals surface area contributed by atoms with Crippen molar-refractivity contribution in [1.82, 2.24) is 19.6 Å². The molecule has 1 aliphatic heterocycles. The first-order chi connectivity index (χ1) is 11.8. The van der Waals surface area contributed by atoms with Crippen LogP contribution in [0.3, 0.4) is 0 Å². The second-order valence-electron chi connectivity index (χ2n) is 8.47. The first-order valence-electron chi connectivity index (χ1n) is 9.58. The molecule has 1 saturated carbocycles. The SMILES string of the molecule is CC(C)(C)c1ccc(=O)n(CCN2CCN(C3CCCC3O)CC2)n1. The smallest absolute Gasteiger partial charge is 0.266 e. The molecule has 1 N–H and O–H groups in total. The number of hydrogen-bond acceptors (Lipinski definition) is 5. The summed E-state index contributed by atoms with van der Waals surface area (Å²) in [5.74, 6) is 0. The van der Waals surface area contributed by atoms with Crippen LogP contribution in [0.15, 0.2) is 16.9 Å². The minimum absolute atomic E-state index is 0.0271. The lowest BCUT2D eigenvalue weighted by atomic mass is 9.92. The van der Waals surface area contributed by atoms with Crippen LogP contribution in [0.25, 0.3) is 0 Å². The predicted octanol–water partition coefficient (Wildman–Crippen LogP) is 1.07. The van der Waals surface area contributed by atoms with Gasteiger partial charge in [-0.1, -0.05) is 20.8 Å². The largest absolute Gasteiger partial charge is 0.391 e. The summed E-state index contributed by atoms with van der Waals surface area (Å²) in [6.45, 7) is 11.8. The Kier molecular flexibility index (Phi) is 5.61. The fourth-order valence-corrected chi connectivity index (χ4v) is 3.91. The molecule has 3 rings (SSSR count). The van der Waals surface area contributed by atoms with Gasteiger partial charge in [0.2, 0.25) is 0 Å². The average Bonchev–Trinajstić information content (AvgIpc) is 2.99. The van der Waals surface area contributed by atoms with Gasteiger partial charge in [0.15, 0.2) is 0 Å². The van der Waals surface area contributed by atoms with E-state index in [0.717, 1.165) is 57.7 Å². The number of aliphatic hydroxyl groups excluding tert-OH is 1. The summed E-state index contributed by atoms with van der Waals surface area (Å²) < 4.78 is 1.60. The van der Waals surface area contributed by atoms with Crippen molar-refractivity contribution >= 4 is 0 Å². The molecule has 0 bridgehead atoms. The Morgan fingerprint density at radius 3 is 2.44 bits per heavy atom. The van der Waals surface area contributed by atoms with Gasteiger partial charge in [0, 0.05) is 50.2 Å². The molecule has 2 unspecified atom stereocenters. The average molecular weight is 348 g/mol. The van der Waals surface area contributed by atoms with Gasteiger partial charge in [-0.3, -0.25) is 14.6 Å². The van der Waals surface area contributed by atoms with E-state index in [2.05, 4.69) is 35.7 Å². The molecule has 6 heteroatoms. The highest BCUT2D eigenvalue weighted by Gasteiger charge is 2.32. The van der Waals surface area contributed by atoms with Crippen LogP contribution >= 0.6 is 0 Å². The summed E-state index contributed by atoms with van der Waals surface area (Å²) in [5, 5.41) is 14.6. The van der Waals surface area contributed by atoms with Gasteiger partial charge in [-0.2, -0.15) is 5.10 Å². The first-order valence-corrected chi connectivity index (χ1v) is 9.58. The van der Waals surface area contributed by atoms with Crippen LogP contribution in [0.5, 0.6) is 0 Å². The quantitative estimate of drug-likeness (QED) is 0.882. The van der Waals surface area contributed by atoms with Gasteiger partial charge in [0.05, 0.1) is 18.3 Å². The normalized spacial score (nSPS) is 26.2. The van der Waals surface area contributed by atoms with Crippen LogP contribution in [0.1, 0.15) is 45.7 Å². The lowest BCUT2D eigenvalue weighted by Gasteiger charge is -2.39. The lowest BCUT2D eigenvalue weighted by molar-refractivity contribution is 0.0344. The summed E-state index contributed by atoms with van der Waals surface area (Å²) in [6, 6.07) is 3.83. The fourth-order valence-electron chi connectivity index (χ4n) is 3.91. The monoisotopic (exact) mass is 348 g/mol. The van der Waals surface area contributed by atoms with E-state index >= 15 is 0 Å². The van der Waals surface area contributed by atoms with Crippen LogP contribution < -0.4 is 5.56 Å². The molecular formula is C19H32N4O2. The van der Waals surface area contributed by atoms with Gasteiger partial charge in [0.1, 0.15) is 0 Å². The van der Waals surface area contributed by atoms with Gasteiger partial charge >= 0.3 is 0 Å². The molecule has 6 nitrogen and oxygen atoms in total. The molecule has 0 spiro atoms. The van der Waals surface area contributed by atoms with Crippen molar-refractivity contribution < 1.29 is 5.11 Å². The minimum Gasteiger partial charge on any atom is -0.391 e. The van der Waals surface area contributed by atoms with Gasteiger partial charge in [-0.15, -0.1) is 0 Å². The number of rotatable bonds is 4. The molecule has 1 aromatic rings. The van der Waals surface area contributed by atoms with Crippen LogP contribution in [0.2, 0.25) is 0 Å². The van der Waals surface area contributed by atoms with Crippen molar-refractivity contribution in [3.8, 4) is 0 Å². The highest BCUT2D eigenvalue weighted by Crippen LogP contribution is 2.25. The van der Waals surface area contributed by atoms with E-state index in [4.69, 9.17) is 0 Å². The molecule has 2 aliphatic rings. The molecule has 1 aliphatic carbocycles. The van der Waals surface area contributed by atoms with Crippen molar-refractivity contribution in [1.29, 1.82) is 0 Å². The number of aromatic nitrogens is 2. The molecule has 0 radical (unpaired) electrons. The zero-order chi connectivity index (χ0) is 18.0. The Hall–Kier alpha value is -1.24. The van der Waals surface area contributed by atoms with E-state index in [1.54, 1.807) is 10.7 Å². The number of piperazine rings is 1. The van der Waals surface area contributed by atoms with Gasteiger partial charge in [0.25, 0.3) is 5.56 Å². The van der Waals surface area contributed by atoms with E-state index in [1.165, 1.54) is 0 Å². The second-order valence-corrected chi connectivity index (χ2v) is 8.47. The Labute approximate surface area is 150 Å². The van der Waals surface area contributed by atoms with Crippen molar-refractivity contribution in [3.05, 3.63) is 28.2 Å². The Bertz CT molecular complexity index is 629. The maximum Gasteiger partial charge on any atom is 0.266 e. The lowest BCUT2D eigenvalue weighted by Crippen LogP contribution is -2.52. The van der Waals surface area contributed by atoms with E-state index in [-0.39, 0.29) is 17.1 Å². The van der Waals surface area contributed by atoms with E-state index < -0.39 is 0 Å². The van der Waals surface area contributed by atoms with Crippen molar-refractivity contribution in [2.75, 3.05) is 32.7 Å². The molecule has 2 fully saturated rings. The molecule has 0 amide bonds. The molecule has 140 valence electrons. The summed E-state index contributed by atoms with van der Waals surface area (Å²) in [7, 11) is 0. The first kappa shape index (κ1) is 18.5. The third-order valence-corrected chi connectivity index (χ3v) is 5.58.